The summed E-state index contributed by atoms with van der Waals surface area (Å²) in [6.45, 7) is 7.10. The number of carbonyl (C=O) groups excluding carboxylic acids is 2. The first kappa shape index (κ1) is 9.23. The number of nitrogens with two attached hydrogens (primary N) is 1. The molecule has 68 valence electrons. The smallest absolute Gasteiger partial charge is 0.222 e. The minimum absolute atomic E-state index is 0.124. The molecule has 0 radical (unpaired) electrons. The minimum Gasteiger partial charge on any atom is -0.369 e. The molecule has 0 heterocycles. The van der Waals surface area contributed by atoms with E-state index in [9.17, 15) is 9.59 Å². The van der Waals surface area contributed by atoms with Crippen LogP contribution in [0.1, 0.15) is 27.7 Å². The molecule has 3 heteroatoms. The predicted molar refractivity (Wildman–Crippen MR) is 45.3 cm³/mol. The molecule has 0 aromatic heterocycles. The lowest BCUT2D eigenvalue weighted by Gasteiger charge is -2.53. The van der Waals surface area contributed by atoms with Gasteiger partial charge in [-0.15, -0.1) is 0 Å². The number of primary amides is 1. The Morgan fingerprint density at radius 1 is 1.25 bits per heavy atom. The number of hydrogen-bond donors (Lipinski definition) is 1. The number of ketones is 1. The summed E-state index contributed by atoms with van der Waals surface area (Å²) in [5.41, 5.74) is 4.10. The zero-order valence-electron chi connectivity index (χ0n) is 7.97. The lowest BCUT2D eigenvalue weighted by molar-refractivity contribution is -0.171. The lowest BCUT2D eigenvalue weighted by Crippen LogP contribution is -2.64. The Hall–Kier alpha value is -0.860. The largest absolute Gasteiger partial charge is 0.369 e. The fourth-order valence-corrected chi connectivity index (χ4v) is 2.63. The van der Waals surface area contributed by atoms with E-state index in [2.05, 4.69) is 0 Å². The van der Waals surface area contributed by atoms with E-state index in [0.717, 1.165) is 0 Å². The van der Waals surface area contributed by atoms with Crippen molar-refractivity contribution in [3.8, 4) is 0 Å². The second-order valence-electron chi connectivity index (χ2n) is 4.61. The highest BCUT2D eigenvalue weighted by molar-refractivity contribution is 6.04. The second kappa shape index (κ2) is 2.09. The summed E-state index contributed by atoms with van der Waals surface area (Å²) in [5.74, 6) is -0.569. The van der Waals surface area contributed by atoms with Crippen molar-refractivity contribution in [1.82, 2.24) is 0 Å². The Morgan fingerprint density at radius 2 is 1.58 bits per heavy atom. The Kier molecular flexibility index (Phi) is 1.61. The highest BCUT2D eigenvalue weighted by Crippen LogP contribution is 2.55. The maximum absolute atomic E-state index is 11.5. The third-order valence-electron chi connectivity index (χ3n) is 2.90. The quantitative estimate of drug-likeness (QED) is 0.628. The van der Waals surface area contributed by atoms with E-state index in [1.165, 1.54) is 0 Å². The Morgan fingerprint density at radius 3 is 1.75 bits per heavy atom. The Bertz CT molecular complexity index is 235. The van der Waals surface area contributed by atoms with Gasteiger partial charge in [-0.3, -0.25) is 9.59 Å². The molecule has 1 saturated carbocycles. The standard InChI is InChI=1S/C9H15NO2/c1-8(2)5(6(10)11)9(3,4)7(8)12/h5H,1-4H3,(H2,10,11). The van der Waals surface area contributed by atoms with Crippen LogP contribution in [-0.2, 0) is 9.59 Å². The first-order valence-electron chi connectivity index (χ1n) is 4.06. The number of rotatable bonds is 1. The molecule has 0 spiro atoms. The molecule has 3 nitrogen and oxygen atoms in total. The molecular weight excluding hydrogens is 154 g/mol. The summed E-state index contributed by atoms with van der Waals surface area (Å²) in [6, 6.07) is 0. The van der Waals surface area contributed by atoms with Crippen LogP contribution in [0.2, 0.25) is 0 Å². The maximum Gasteiger partial charge on any atom is 0.222 e. The number of carbonyl (C=O) groups is 2. The van der Waals surface area contributed by atoms with Crippen LogP contribution in [0.5, 0.6) is 0 Å². The van der Waals surface area contributed by atoms with Crippen molar-refractivity contribution in [2.24, 2.45) is 22.5 Å². The van der Waals surface area contributed by atoms with E-state index in [-0.39, 0.29) is 17.6 Å². The molecule has 1 aliphatic rings. The molecule has 1 fully saturated rings. The second-order valence-corrected chi connectivity index (χ2v) is 4.61. The first-order valence-corrected chi connectivity index (χ1v) is 4.06. The van der Waals surface area contributed by atoms with Gasteiger partial charge in [0.1, 0.15) is 5.78 Å². The summed E-state index contributed by atoms with van der Waals surface area (Å²) in [5, 5.41) is 0. The van der Waals surface area contributed by atoms with E-state index >= 15 is 0 Å². The van der Waals surface area contributed by atoms with Gasteiger partial charge in [-0.05, 0) is 0 Å². The van der Waals surface area contributed by atoms with Crippen LogP contribution in [-0.4, -0.2) is 11.7 Å². The molecule has 0 aliphatic heterocycles. The SMILES string of the molecule is CC1(C)C(=O)C(C)(C)C1C(N)=O. The van der Waals surface area contributed by atoms with Crippen LogP contribution in [0.15, 0.2) is 0 Å². The van der Waals surface area contributed by atoms with E-state index in [1.807, 2.05) is 0 Å². The van der Waals surface area contributed by atoms with Crippen molar-refractivity contribution in [3.63, 3.8) is 0 Å². The van der Waals surface area contributed by atoms with E-state index in [4.69, 9.17) is 5.73 Å². The molecule has 0 unspecified atom stereocenters. The molecule has 12 heavy (non-hydrogen) atoms. The highest BCUT2D eigenvalue weighted by atomic mass is 16.2. The zero-order chi connectivity index (χ0) is 9.73. The number of amides is 1. The summed E-state index contributed by atoms with van der Waals surface area (Å²) in [4.78, 5) is 22.5. The molecule has 0 aromatic rings. The van der Waals surface area contributed by atoms with Gasteiger partial charge in [-0.2, -0.15) is 0 Å². The molecule has 1 aliphatic carbocycles. The third-order valence-corrected chi connectivity index (χ3v) is 2.90. The molecular formula is C9H15NO2. The van der Waals surface area contributed by atoms with Crippen molar-refractivity contribution in [1.29, 1.82) is 0 Å². The number of hydrogen-bond acceptors (Lipinski definition) is 2. The lowest BCUT2D eigenvalue weighted by atomic mass is 9.47. The van der Waals surface area contributed by atoms with Gasteiger partial charge in [0.2, 0.25) is 5.91 Å². The van der Waals surface area contributed by atoms with Crippen molar-refractivity contribution in [2.45, 2.75) is 27.7 Å². The predicted octanol–water partition coefficient (Wildman–Crippen LogP) is 0.723. The van der Waals surface area contributed by atoms with Gasteiger partial charge in [-0.1, -0.05) is 27.7 Å². The van der Waals surface area contributed by atoms with Gasteiger partial charge < -0.3 is 5.73 Å². The summed E-state index contributed by atoms with van der Waals surface area (Å²) in [6.07, 6.45) is 0. The van der Waals surface area contributed by atoms with Gasteiger partial charge in [0.25, 0.3) is 0 Å². The zero-order valence-corrected chi connectivity index (χ0v) is 7.97. The highest BCUT2D eigenvalue weighted by Gasteiger charge is 2.63. The normalized spacial score (nSPS) is 26.5. The molecule has 1 rings (SSSR count). The van der Waals surface area contributed by atoms with Crippen LogP contribution in [0.3, 0.4) is 0 Å². The molecule has 0 saturated heterocycles. The summed E-state index contributed by atoms with van der Waals surface area (Å²) in [7, 11) is 0. The van der Waals surface area contributed by atoms with Crippen molar-refractivity contribution in [2.75, 3.05) is 0 Å². The van der Waals surface area contributed by atoms with Gasteiger partial charge in [0, 0.05) is 10.8 Å². The van der Waals surface area contributed by atoms with Crippen molar-refractivity contribution >= 4 is 11.7 Å². The Labute approximate surface area is 72.3 Å². The van der Waals surface area contributed by atoms with Crippen LogP contribution >= 0.6 is 0 Å². The van der Waals surface area contributed by atoms with Crippen LogP contribution in [0.25, 0.3) is 0 Å². The average Bonchev–Trinajstić information content (AvgIpc) is 1.83. The average molecular weight is 169 g/mol. The third kappa shape index (κ3) is 0.822. The van der Waals surface area contributed by atoms with Gasteiger partial charge in [0.05, 0.1) is 5.92 Å². The fraction of sp³-hybridized carbons (Fsp3) is 0.778. The minimum atomic E-state index is -0.560. The van der Waals surface area contributed by atoms with E-state index < -0.39 is 10.8 Å². The Balaban J connectivity index is 3.02. The fourth-order valence-electron chi connectivity index (χ4n) is 2.63. The van der Waals surface area contributed by atoms with Gasteiger partial charge in [-0.25, -0.2) is 0 Å². The van der Waals surface area contributed by atoms with Crippen LogP contribution in [0.4, 0.5) is 0 Å². The van der Waals surface area contributed by atoms with Crippen molar-refractivity contribution in [3.05, 3.63) is 0 Å². The summed E-state index contributed by atoms with van der Waals surface area (Å²) >= 11 is 0. The van der Waals surface area contributed by atoms with Crippen molar-refractivity contribution < 1.29 is 9.59 Å². The molecule has 0 bridgehead atoms. The molecule has 0 aromatic carbocycles. The summed E-state index contributed by atoms with van der Waals surface area (Å²) < 4.78 is 0. The first-order chi connectivity index (χ1) is 5.22. The van der Waals surface area contributed by atoms with Gasteiger partial charge in [0.15, 0.2) is 0 Å². The topological polar surface area (TPSA) is 60.2 Å². The van der Waals surface area contributed by atoms with Crippen LogP contribution in [0, 0.1) is 16.7 Å². The maximum atomic E-state index is 11.5. The van der Waals surface area contributed by atoms with E-state index in [0.29, 0.717) is 0 Å². The number of Topliss-reactive ketones (excluding diaryl/α,β-unsaturated/α-hetero) is 1. The molecule has 0 atom stereocenters. The van der Waals surface area contributed by atoms with Crippen LogP contribution < -0.4 is 5.73 Å². The molecule has 1 amide bonds. The van der Waals surface area contributed by atoms with E-state index in [1.54, 1.807) is 27.7 Å². The van der Waals surface area contributed by atoms with Gasteiger partial charge >= 0.3 is 0 Å². The molecule has 2 N–H and O–H groups in total. The monoisotopic (exact) mass is 169 g/mol.